The van der Waals surface area contributed by atoms with Crippen LogP contribution in [0.15, 0.2) is 53.4 Å². The standard InChI is InChI=1S/C22H23ClF3N5O2S/c1-2-27-8-9-28-18-10-15(23)7-6-14(18)13-29-19-11-17(25)20(12-16(19)24)34(32,33)31-22-5-3-4-21(26)30-22/h3-7,10-12,27-29H,2,8-9,13H2,1H3,(H,30,31). The Labute approximate surface area is 200 Å². The lowest BCUT2D eigenvalue weighted by atomic mass is 10.1. The summed E-state index contributed by atoms with van der Waals surface area (Å²) in [6.45, 7) is 4.30. The zero-order valence-corrected chi connectivity index (χ0v) is 19.7. The van der Waals surface area contributed by atoms with Crippen LogP contribution in [0.25, 0.3) is 0 Å². The Kier molecular flexibility index (Phi) is 8.59. The van der Waals surface area contributed by atoms with E-state index in [1.54, 1.807) is 18.2 Å². The summed E-state index contributed by atoms with van der Waals surface area (Å²) in [6, 6.07) is 9.87. The molecular formula is C22H23ClF3N5O2S. The van der Waals surface area contributed by atoms with Gasteiger partial charge in [0, 0.05) is 36.4 Å². The molecule has 0 saturated carbocycles. The fourth-order valence-corrected chi connectivity index (χ4v) is 4.29. The van der Waals surface area contributed by atoms with Crippen LogP contribution in [0.1, 0.15) is 12.5 Å². The number of nitrogens with zero attached hydrogens (tertiary/aromatic N) is 1. The van der Waals surface area contributed by atoms with Crippen LogP contribution < -0.4 is 20.7 Å². The van der Waals surface area contributed by atoms with Crippen LogP contribution in [0.4, 0.5) is 30.4 Å². The zero-order chi connectivity index (χ0) is 24.7. The molecule has 3 aromatic rings. The maximum atomic E-state index is 14.7. The second-order valence-electron chi connectivity index (χ2n) is 7.15. The highest BCUT2D eigenvalue weighted by Gasteiger charge is 2.23. The van der Waals surface area contributed by atoms with Crippen molar-refractivity contribution in [2.24, 2.45) is 0 Å². The third-order valence-corrected chi connectivity index (χ3v) is 6.28. The van der Waals surface area contributed by atoms with Gasteiger partial charge < -0.3 is 16.0 Å². The molecular weight excluding hydrogens is 491 g/mol. The maximum Gasteiger partial charge on any atom is 0.266 e. The molecule has 0 unspecified atom stereocenters. The summed E-state index contributed by atoms with van der Waals surface area (Å²) in [6.07, 6.45) is 0. The minimum atomic E-state index is -4.55. The molecule has 34 heavy (non-hydrogen) atoms. The van der Waals surface area contributed by atoms with E-state index in [1.165, 1.54) is 12.1 Å². The molecule has 1 heterocycles. The number of hydrogen-bond donors (Lipinski definition) is 4. The molecule has 0 radical (unpaired) electrons. The molecule has 0 saturated heterocycles. The summed E-state index contributed by atoms with van der Waals surface area (Å²) >= 11 is 6.07. The van der Waals surface area contributed by atoms with Gasteiger partial charge in [-0.2, -0.15) is 4.39 Å². The van der Waals surface area contributed by atoms with E-state index in [1.807, 2.05) is 11.6 Å². The number of pyridine rings is 1. The molecule has 0 spiro atoms. The molecule has 0 fully saturated rings. The minimum absolute atomic E-state index is 0.120. The number of sulfonamides is 1. The van der Waals surface area contributed by atoms with Crippen molar-refractivity contribution < 1.29 is 21.6 Å². The number of halogens is 4. The van der Waals surface area contributed by atoms with E-state index >= 15 is 0 Å². The summed E-state index contributed by atoms with van der Waals surface area (Å²) in [5, 5.41) is 9.70. The molecule has 1 aromatic heterocycles. The Bertz CT molecular complexity index is 1260. The van der Waals surface area contributed by atoms with Gasteiger partial charge in [0.25, 0.3) is 10.0 Å². The average Bonchev–Trinajstić information content (AvgIpc) is 2.77. The Morgan fingerprint density at radius 1 is 0.941 bits per heavy atom. The van der Waals surface area contributed by atoms with E-state index in [2.05, 4.69) is 20.9 Å². The maximum absolute atomic E-state index is 14.7. The lowest BCUT2D eigenvalue weighted by Gasteiger charge is -2.15. The van der Waals surface area contributed by atoms with Gasteiger partial charge in [0.05, 0.1) is 5.69 Å². The van der Waals surface area contributed by atoms with Crippen molar-refractivity contribution in [1.29, 1.82) is 0 Å². The monoisotopic (exact) mass is 513 g/mol. The minimum Gasteiger partial charge on any atom is -0.383 e. The van der Waals surface area contributed by atoms with Crippen LogP contribution in [-0.4, -0.2) is 33.0 Å². The molecule has 2 aromatic carbocycles. The third kappa shape index (κ3) is 6.75. The number of likely N-dealkylation sites (N-methyl/N-ethyl adjacent to an activating group) is 1. The Morgan fingerprint density at radius 2 is 1.74 bits per heavy atom. The van der Waals surface area contributed by atoms with Crippen LogP contribution in [0, 0.1) is 17.6 Å². The van der Waals surface area contributed by atoms with Crippen molar-refractivity contribution in [3.05, 3.63) is 76.7 Å². The second-order valence-corrected chi connectivity index (χ2v) is 9.24. The molecule has 7 nitrogen and oxygen atoms in total. The highest BCUT2D eigenvalue weighted by Crippen LogP contribution is 2.27. The van der Waals surface area contributed by atoms with E-state index in [0.717, 1.165) is 36.5 Å². The largest absolute Gasteiger partial charge is 0.383 e. The molecule has 0 atom stereocenters. The average molecular weight is 514 g/mol. The van der Waals surface area contributed by atoms with Gasteiger partial charge in [-0.25, -0.2) is 22.2 Å². The quantitative estimate of drug-likeness (QED) is 0.221. The Morgan fingerprint density at radius 3 is 2.47 bits per heavy atom. The lowest BCUT2D eigenvalue weighted by molar-refractivity contribution is 0.556. The molecule has 3 rings (SSSR count). The molecule has 4 N–H and O–H groups in total. The first-order valence-corrected chi connectivity index (χ1v) is 12.2. The topological polar surface area (TPSA) is 95.1 Å². The van der Waals surface area contributed by atoms with Gasteiger partial charge >= 0.3 is 0 Å². The van der Waals surface area contributed by atoms with Gasteiger partial charge in [0.15, 0.2) is 0 Å². The summed E-state index contributed by atoms with van der Waals surface area (Å²) < 4.78 is 69.4. The predicted octanol–water partition coefficient (Wildman–Crippen LogP) is 4.59. The van der Waals surface area contributed by atoms with E-state index < -0.39 is 32.5 Å². The van der Waals surface area contributed by atoms with E-state index in [4.69, 9.17) is 11.6 Å². The van der Waals surface area contributed by atoms with E-state index in [0.29, 0.717) is 17.6 Å². The fourth-order valence-electron chi connectivity index (χ4n) is 3.05. The van der Waals surface area contributed by atoms with Crippen molar-refractivity contribution in [3.63, 3.8) is 0 Å². The summed E-state index contributed by atoms with van der Waals surface area (Å²) in [4.78, 5) is 2.43. The molecule has 0 aliphatic rings. The molecule has 12 heteroatoms. The second kappa shape index (κ2) is 11.4. The SMILES string of the molecule is CCNCCNc1cc(Cl)ccc1CNc1cc(F)c(S(=O)(=O)Nc2cccc(F)n2)cc1F. The van der Waals surface area contributed by atoms with Gasteiger partial charge in [-0.15, -0.1) is 0 Å². The van der Waals surface area contributed by atoms with Crippen molar-refractivity contribution in [3.8, 4) is 0 Å². The van der Waals surface area contributed by atoms with Crippen molar-refractivity contribution in [2.45, 2.75) is 18.4 Å². The number of anilines is 3. The number of aromatic nitrogens is 1. The summed E-state index contributed by atoms with van der Waals surface area (Å²) in [7, 11) is -4.55. The lowest BCUT2D eigenvalue weighted by Crippen LogP contribution is -2.22. The number of benzene rings is 2. The van der Waals surface area contributed by atoms with Crippen LogP contribution in [0.5, 0.6) is 0 Å². The zero-order valence-electron chi connectivity index (χ0n) is 18.1. The van der Waals surface area contributed by atoms with Gasteiger partial charge in [-0.05, 0) is 42.4 Å². The first-order chi connectivity index (χ1) is 16.2. The summed E-state index contributed by atoms with van der Waals surface area (Å²) in [5.74, 6) is -3.46. The highest BCUT2D eigenvalue weighted by molar-refractivity contribution is 7.92. The molecule has 0 aliphatic carbocycles. The van der Waals surface area contributed by atoms with Crippen LogP contribution in [0.3, 0.4) is 0 Å². The van der Waals surface area contributed by atoms with Gasteiger partial charge in [-0.3, -0.25) is 4.72 Å². The van der Waals surface area contributed by atoms with Crippen molar-refractivity contribution in [1.82, 2.24) is 10.3 Å². The van der Waals surface area contributed by atoms with E-state index in [9.17, 15) is 21.6 Å². The Hall–Kier alpha value is -3.02. The predicted molar refractivity (Wildman–Crippen MR) is 127 cm³/mol. The van der Waals surface area contributed by atoms with Crippen molar-refractivity contribution >= 4 is 38.8 Å². The van der Waals surface area contributed by atoms with Crippen molar-refractivity contribution in [2.75, 3.05) is 35.0 Å². The van der Waals surface area contributed by atoms with Crippen LogP contribution >= 0.6 is 11.6 Å². The molecule has 0 aliphatic heterocycles. The highest BCUT2D eigenvalue weighted by atomic mass is 35.5. The molecule has 0 amide bonds. The first kappa shape index (κ1) is 25.6. The number of rotatable bonds is 11. The summed E-state index contributed by atoms with van der Waals surface area (Å²) in [5.41, 5.74) is 1.25. The number of nitrogens with one attached hydrogen (secondary N) is 4. The third-order valence-electron chi connectivity index (χ3n) is 4.67. The Balaban J connectivity index is 1.76. The van der Waals surface area contributed by atoms with Gasteiger partial charge in [0.1, 0.15) is 22.3 Å². The number of hydrogen-bond acceptors (Lipinski definition) is 6. The molecule has 0 bridgehead atoms. The van der Waals surface area contributed by atoms with E-state index in [-0.39, 0.29) is 18.1 Å². The fraction of sp³-hybridized carbons (Fsp3) is 0.227. The smallest absolute Gasteiger partial charge is 0.266 e. The van der Waals surface area contributed by atoms with Gasteiger partial charge in [0.2, 0.25) is 5.95 Å². The molecule has 182 valence electrons. The van der Waals surface area contributed by atoms with Crippen LogP contribution in [-0.2, 0) is 16.6 Å². The normalized spacial score (nSPS) is 11.3. The van der Waals surface area contributed by atoms with Crippen LogP contribution in [0.2, 0.25) is 5.02 Å². The van der Waals surface area contributed by atoms with Gasteiger partial charge in [-0.1, -0.05) is 30.7 Å². The first-order valence-electron chi connectivity index (χ1n) is 10.3.